The highest BCUT2D eigenvalue weighted by Gasteiger charge is 2.19. The van der Waals surface area contributed by atoms with E-state index < -0.39 is 0 Å². The van der Waals surface area contributed by atoms with Gasteiger partial charge in [-0.2, -0.15) is 0 Å². The lowest BCUT2D eigenvalue weighted by atomic mass is 10.2. The van der Waals surface area contributed by atoms with Gasteiger partial charge < -0.3 is 15.0 Å². The SMILES string of the molecule is CC(=O)N(CCC=N)CC1CCCO1. The number of rotatable bonds is 5. The highest BCUT2D eigenvalue weighted by Crippen LogP contribution is 2.13. The predicted octanol–water partition coefficient (Wildman–Crippen LogP) is 1.05. The first-order valence-electron chi connectivity index (χ1n) is 5.10. The van der Waals surface area contributed by atoms with E-state index in [1.807, 2.05) is 0 Å². The summed E-state index contributed by atoms with van der Waals surface area (Å²) >= 11 is 0. The average Bonchev–Trinajstić information content (AvgIpc) is 2.64. The number of carbonyl (C=O) groups excluding carboxylic acids is 1. The minimum absolute atomic E-state index is 0.0716. The molecule has 0 radical (unpaired) electrons. The summed E-state index contributed by atoms with van der Waals surface area (Å²) in [4.78, 5) is 13.0. The molecule has 0 aromatic rings. The van der Waals surface area contributed by atoms with Crippen LogP contribution in [0.4, 0.5) is 0 Å². The molecule has 0 aromatic carbocycles. The maximum atomic E-state index is 11.2. The molecule has 1 atom stereocenters. The summed E-state index contributed by atoms with van der Waals surface area (Å²) in [6.45, 7) is 3.71. The third-order valence-electron chi connectivity index (χ3n) is 2.44. The van der Waals surface area contributed by atoms with Crippen molar-refractivity contribution in [3.63, 3.8) is 0 Å². The van der Waals surface area contributed by atoms with E-state index in [0.29, 0.717) is 19.5 Å². The van der Waals surface area contributed by atoms with E-state index in [0.717, 1.165) is 19.4 Å². The summed E-state index contributed by atoms with van der Waals surface area (Å²) in [5.74, 6) is 0.0716. The minimum atomic E-state index is 0.0716. The van der Waals surface area contributed by atoms with Crippen LogP contribution in [0.15, 0.2) is 0 Å². The molecule has 80 valence electrons. The molecule has 0 aromatic heterocycles. The smallest absolute Gasteiger partial charge is 0.219 e. The fourth-order valence-electron chi connectivity index (χ4n) is 1.63. The Kier molecular flexibility index (Phi) is 4.59. The lowest BCUT2D eigenvalue weighted by molar-refractivity contribution is -0.130. The molecule has 1 aliphatic rings. The van der Waals surface area contributed by atoms with Crippen molar-refractivity contribution in [2.24, 2.45) is 0 Å². The maximum absolute atomic E-state index is 11.2. The van der Waals surface area contributed by atoms with Crippen molar-refractivity contribution in [2.75, 3.05) is 19.7 Å². The van der Waals surface area contributed by atoms with Crippen molar-refractivity contribution >= 4 is 12.1 Å². The third kappa shape index (κ3) is 3.46. The van der Waals surface area contributed by atoms with Crippen molar-refractivity contribution in [3.8, 4) is 0 Å². The van der Waals surface area contributed by atoms with E-state index in [-0.39, 0.29) is 12.0 Å². The molecular weight excluding hydrogens is 180 g/mol. The topological polar surface area (TPSA) is 53.4 Å². The Labute approximate surface area is 84.7 Å². The molecule has 4 heteroatoms. The van der Waals surface area contributed by atoms with Crippen LogP contribution in [0.1, 0.15) is 26.2 Å². The summed E-state index contributed by atoms with van der Waals surface area (Å²) < 4.78 is 5.46. The zero-order valence-electron chi connectivity index (χ0n) is 8.66. The van der Waals surface area contributed by atoms with Crippen LogP contribution in [0.2, 0.25) is 0 Å². The lowest BCUT2D eigenvalue weighted by Gasteiger charge is -2.23. The zero-order valence-corrected chi connectivity index (χ0v) is 8.66. The predicted molar refractivity (Wildman–Crippen MR) is 54.6 cm³/mol. The van der Waals surface area contributed by atoms with Gasteiger partial charge in [-0.05, 0) is 25.5 Å². The Morgan fingerprint density at radius 2 is 2.50 bits per heavy atom. The minimum Gasteiger partial charge on any atom is -0.376 e. The third-order valence-corrected chi connectivity index (χ3v) is 2.44. The number of carbonyl (C=O) groups is 1. The van der Waals surface area contributed by atoms with Crippen LogP contribution in [0.3, 0.4) is 0 Å². The molecule has 1 amide bonds. The molecule has 0 spiro atoms. The number of amides is 1. The van der Waals surface area contributed by atoms with Gasteiger partial charge in [-0.15, -0.1) is 0 Å². The normalized spacial score (nSPS) is 20.8. The van der Waals surface area contributed by atoms with Gasteiger partial charge >= 0.3 is 0 Å². The number of nitrogens with zero attached hydrogens (tertiary/aromatic N) is 1. The van der Waals surface area contributed by atoms with Gasteiger partial charge in [-0.3, -0.25) is 4.79 Å². The molecule has 0 saturated carbocycles. The first kappa shape index (κ1) is 11.2. The molecule has 0 aliphatic carbocycles. The monoisotopic (exact) mass is 198 g/mol. The summed E-state index contributed by atoms with van der Waals surface area (Å²) in [7, 11) is 0. The van der Waals surface area contributed by atoms with Crippen LogP contribution in [0.25, 0.3) is 0 Å². The summed E-state index contributed by atoms with van der Waals surface area (Å²) in [6.07, 6.45) is 4.33. The van der Waals surface area contributed by atoms with Gasteiger partial charge in [0.15, 0.2) is 0 Å². The number of ether oxygens (including phenoxy) is 1. The Bertz CT molecular complexity index is 200. The van der Waals surface area contributed by atoms with Gasteiger partial charge in [-0.1, -0.05) is 0 Å². The Morgan fingerprint density at radius 3 is 3.00 bits per heavy atom. The molecule has 1 N–H and O–H groups in total. The Hall–Kier alpha value is -0.900. The summed E-state index contributed by atoms with van der Waals surface area (Å²) in [5.41, 5.74) is 0. The largest absolute Gasteiger partial charge is 0.376 e. The van der Waals surface area contributed by atoms with Crippen molar-refractivity contribution in [2.45, 2.75) is 32.3 Å². The first-order valence-corrected chi connectivity index (χ1v) is 5.10. The molecule has 1 aliphatic heterocycles. The van der Waals surface area contributed by atoms with Crippen LogP contribution < -0.4 is 0 Å². The Morgan fingerprint density at radius 1 is 1.71 bits per heavy atom. The van der Waals surface area contributed by atoms with Gasteiger partial charge in [0, 0.05) is 26.6 Å². The first-order chi connectivity index (χ1) is 6.74. The van der Waals surface area contributed by atoms with Crippen LogP contribution in [0, 0.1) is 5.41 Å². The van der Waals surface area contributed by atoms with Crippen LogP contribution >= 0.6 is 0 Å². The standard InChI is InChI=1S/C10H18N2O2/c1-9(13)12(6-3-5-11)8-10-4-2-7-14-10/h5,10-11H,2-4,6-8H2,1H3. The molecular formula is C10H18N2O2. The van der Waals surface area contributed by atoms with Gasteiger partial charge in [0.1, 0.15) is 0 Å². The van der Waals surface area contributed by atoms with Crippen molar-refractivity contribution < 1.29 is 9.53 Å². The van der Waals surface area contributed by atoms with Crippen LogP contribution in [0.5, 0.6) is 0 Å². The highest BCUT2D eigenvalue weighted by molar-refractivity contribution is 5.73. The molecule has 0 bridgehead atoms. The number of hydrogen-bond donors (Lipinski definition) is 1. The lowest BCUT2D eigenvalue weighted by Crippen LogP contribution is -2.36. The van der Waals surface area contributed by atoms with E-state index >= 15 is 0 Å². The van der Waals surface area contributed by atoms with Crippen molar-refractivity contribution in [1.29, 1.82) is 5.41 Å². The second kappa shape index (κ2) is 5.75. The average molecular weight is 198 g/mol. The van der Waals surface area contributed by atoms with Crippen LogP contribution in [-0.4, -0.2) is 42.8 Å². The molecule has 1 saturated heterocycles. The number of hydrogen-bond acceptors (Lipinski definition) is 3. The van der Waals surface area contributed by atoms with Gasteiger partial charge in [0.2, 0.25) is 5.91 Å². The molecule has 1 fully saturated rings. The Balaban J connectivity index is 2.33. The second-order valence-corrected chi connectivity index (χ2v) is 3.59. The highest BCUT2D eigenvalue weighted by atomic mass is 16.5. The molecule has 4 nitrogen and oxygen atoms in total. The van der Waals surface area contributed by atoms with Gasteiger partial charge in [-0.25, -0.2) is 0 Å². The molecule has 14 heavy (non-hydrogen) atoms. The van der Waals surface area contributed by atoms with E-state index in [1.165, 1.54) is 6.21 Å². The van der Waals surface area contributed by atoms with Crippen molar-refractivity contribution in [3.05, 3.63) is 0 Å². The summed E-state index contributed by atoms with van der Waals surface area (Å²) in [6, 6.07) is 0. The second-order valence-electron chi connectivity index (χ2n) is 3.59. The van der Waals surface area contributed by atoms with E-state index in [9.17, 15) is 4.79 Å². The zero-order chi connectivity index (χ0) is 10.4. The fraction of sp³-hybridized carbons (Fsp3) is 0.800. The van der Waals surface area contributed by atoms with Gasteiger partial charge in [0.05, 0.1) is 6.10 Å². The van der Waals surface area contributed by atoms with E-state index in [2.05, 4.69) is 0 Å². The quantitative estimate of drug-likeness (QED) is 0.671. The summed E-state index contributed by atoms with van der Waals surface area (Å²) in [5, 5.41) is 6.93. The van der Waals surface area contributed by atoms with Crippen molar-refractivity contribution in [1.82, 2.24) is 4.90 Å². The molecule has 1 heterocycles. The van der Waals surface area contributed by atoms with E-state index in [4.69, 9.17) is 10.1 Å². The van der Waals surface area contributed by atoms with E-state index in [1.54, 1.807) is 11.8 Å². The molecule has 1 rings (SSSR count). The maximum Gasteiger partial charge on any atom is 0.219 e. The molecule has 1 unspecified atom stereocenters. The van der Waals surface area contributed by atoms with Gasteiger partial charge in [0.25, 0.3) is 0 Å². The fourth-order valence-corrected chi connectivity index (χ4v) is 1.63. The van der Waals surface area contributed by atoms with Crippen LogP contribution in [-0.2, 0) is 9.53 Å². The number of nitrogens with one attached hydrogen (secondary N) is 1.